The lowest BCUT2D eigenvalue weighted by atomic mass is 9.90. The molecule has 1 unspecified atom stereocenters. The minimum absolute atomic E-state index is 0. The van der Waals surface area contributed by atoms with Gasteiger partial charge in [0.05, 0.1) is 12.1 Å². The molecular weight excluding hydrogens is 338 g/mol. The van der Waals surface area contributed by atoms with E-state index in [9.17, 15) is 4.39 Å². The first-order valence-corrected chi connectivity index (χ1v) is 7.62. The highest BCUT2D eigenvalue weighted by Crippen LogP contribution is 2.30. The van der Waals surface area contributed by atoms with Crippen molar-refractivity contribution in [2.24, 2.45) is 11.1 Å². The molecule has 1 atom stereocenters. The van der Waals surface area contributed by atoms with Gasteiger partial charge < -0.3 is 10.3 Å². The molecule has 3 rings (SSSR count). The number of hydrogen-bond acceptors (Lipinski definition) is 3. The lowest BCUT2D eigenvalue weighted by molar-refractivity contribution is 0.267. The number of halogens is 3. The number of aromatic nitrogens is 2. The predicted molar refractivity (Wildman–Crippen MR) is 96.9 cm³/mol. The van der Waals surface area contributed by atoms with Crippen LogP contribution >= 0.6 is 24.8 Å². The zero-order chi connectivity index (χ0) is 15.0. The van der Waals surface area contributed by atoms with Crippen molar-refractivity contribution in [1.82, 2.24) is 14.5 Å². The van der Waals surface area contributed by atoms with Crippen molar-refractivity contribution >= 4 is 35.8 Å². The molecule has 1 aliphatic rings. The Hall–Kier alpha value is -0.880. The maximum absolute atomic E-state index is 13.9. The van der Waals surface area contributed by atoms with E-state index in [0.717, 1.165) is 43.9 Å². The second-order valence-corrected chi connectivity index (χ2v) is 6.36. The number of rotatable bonds is 4. The number of hydrogen-bond donors (Lipinski definition) is 1. The first-order chi connectivity index (χ1) is 10.1. The van der Waals surface area contributed by atoms with Crippen molar-refractivity contribution < 1.29 is 4.39 Å². The number of nitrogens with zero attached hydrogens (tertiary/aromatic N) is 3. The summed E-state index contributed by atoms with van der Waals surface area (Å²) in [4.78, 5) is 6.91. The molecule has 1 fully saturated rings. The molecule has 4 nitrogen and oxygen atoms in total. The Balaban J connectivity index is 0.00000132. The van der Waals surface area contributed by atoms with Gasteiger partial charge in [0, 0.05) is 13.1 Å². The van der Waals surface area contributed by atoms with Gasteiger partial charge in [0.25, 0.3) is 0 Å². The molecular formula is C16H25Cl2FN4. The monoisotopic (exact) mass is 362 g/mol. The number of likely N-dealkylation sites (tertiary alicyclic amines) is 1. The number of aryl methyl sites for hydroxylation is 1. The average Bonchev–Trinajstić information content (AvgIpc) is 3.02. The molecule has 0 radical (unpaired) electrons. The Morgan fingerprint density at radius 2 is 2.09 bits per heavy atom. The lowest BCUT2D eigenvalue weighted by Gasteiger charge is -2.22. The Bertz CT molecular complexity index is 661. The molecule has 2 heterocycles. The van der Waals surface area contributed by atoms with Crippen LogP contribution in [0.4, 0.5) is 4.39 Å². The summed E-state index contributed by atoms with van der Waals surface area (Å²) in [5.74, 6) is 0.702. The molecule has 1 aliphatic heterocycles. The fourth-order valence-electron chi connectivity index (χ4n) is 3.26. The molecule has 23 heavy (non-hydrogen) atoms. The fraction of sp³-hybridized carbons (Fsp3) is 0.562. The van der Waals surface area contributed by atoms with Crippen molar-refractivity contribution in [3.63, 3.8) is 0 Å². The first-order valence-electron chi connectivity index (χ1n) is 7.62. The summed E-state index contributed by atoms with van der Waals surface area (Å²) in [6.07, 6.45) is 1.12. The van der Waals surface area contributed by atoms with E-state index >= 15 is 0 Å². The Morgan fingerprint density at radius 3 is 2.70 bits per heavy atom. The van der Waals surface area contributed by atoms with Crippen LogP contribution in [0.5, 0.6) is 0 Å². The highest BCUT2D eigenvalue weighted by Gasteiger charge is 2.33. The van der Waals surface area contributed by atoms with Crippen LogP contribution in [0.25, 0.3) is 11.0 Å². The molecule has 130 valence electrons. The van der Waals surface area contributed by atoms with Crippen molar-refractivity contribution in [2.75, 3.05) is 19.6 Å². The van der Waals surface area contributed by atoms with Crippen molar-refractivity contribution in [1.29, 1.82) is 0 Å². The van der Waals surface area contributed by atoms with Crippen LogP contribution < -0.4 is 5.73 Å². The predicted octanol–water partition coefficient (Wildman–Crippen LogP) is 3.21. The molecule has 0 bridgehead atoms. The number of imidazole rings is 1. The van der Waals surface area contributed by atoms with Crippen LogP contribution in [0.1, 0.15) is 26.1 Å². The van der Waals surface area contributed by atoms with E-state index in [1.165, 1.54) is 6.07 Å². The summed E-state index contributed by atoms with van der Waals surface area (Å²) >= 11 is 0. The van der Waals surface area contributed by atoms with E-state index in [1.807, 2.05) is 6.07 Å². The topological polar surface area (TPSA) is 47.1 Å². The third-order valence-electron chi connectivity index (χ3n) is 4.62. The Morgan fingerprint density at radius 1 is 1.35 bits per heavy atom. The van der Waals surface area contributed by atoms with Gasteiger partial charge >= 0.3 is 0 Å². The van der Waals surface area contributed by atoms with E-state index in [2.05, 4.69) is 28.3 Å². The molecule has 7 heteroatoms. The van der Waals surface area contributed by atoms with Crippen LogP contribution in [0, 0.1) is 11.2 Å². The summed E-state index contributed by atoms with van der Waals surface area (Å²) < 4.78 is 16.0. The van der Waals surface area contributed by atoms with Gasteiger partial charge in [0.2, 0.25) is 0 Å². The minimum Gasteiger partial charge on any atom is -0.330 e. The largest absolute Gasteiger partial charge is 0.330 e. The van der Waals surface area contributed by atoms with Crippen LogP contribution in [0.15, 0.2) is 18.2 Å². The van der Waals surface area contributed by atoms with E-state index in [0.29, 0.717) is 12.1 Å². The SMILES string of the molecule is CCn1c(CN2CCC(C)(CN)C2)nc2c(F)cccc21.Cl.Cl. The standard InChI is InChI=1S/C16H23FN4.2ClH/c1-3-21-13-6-4-5-12(17)15(13)19-14(21)9-20-8-7-16(2,10-18)11-20;;/h4-6H,3,7-11,18H2,1-2H3;2*1H. The summed E-state index contributed by atoms with van der Waals surface area (Å²) in [7, 11) is 0. The first kappa shape index (κ1) is 20.2. The van der Waals surface area contributed by atoms with Gasteiger partial charge in [-0.2, -0.15) is 0 Å². The van der Waals surface area contributed by atoms with Gasteiger partial charge in [-0.3, -0.25) is 4.90 Å². The molecule has 2 N–H and O–H groups in total. The van der Waals surface area contributed by atoms with Crippen LogP contribution in [0.2, 0.25) is 0 Å². The maximum atomic E-state index is 13.9. The highest BCUT2D eigenvalue weighted by atomic mass is 35.5. The smallest absolute Gasteiger partial charge is 0.151 e. The number of benzene rings is 1. The molecule has 1 aromatic carbocycles. The van der Waals surface area contributed by atoms with E-state index in [1.54, 1.807) is 6.07 Å². The normalized spacial score (nSPS) is 21.2. The summed E-state index contributed by atoms with van der Waals surface area (Å²) in [5.41, 5.74) is 7.43. The molecule has 1 saturated heterocycles. The van der Waals surface area contributed by atoms with Gasteiger partial charge in [-0.25, -0.2) is 9.37 Å². The summed E-state index contributed by atoms with van der Waals surface area (Å²) in [6.45, 7) is 8.60. The second kappa shape index (κ2) is 7.79. The number of para-hydroxylation sites is 1. The highest BCUT2D eigenvalue weighted by molar-refractivity contribution is 5.85. The minimum atomic E-state index is -0.242. The summed E-state index contributed by atoms with van der Waals surface area (Å²) in [5, 5.41) is 0. The lowest BCUT2D eigenvalue weighted by Crippen LogP contribution is -2.31. The van der Waals surface area contributed by atoms with E-state index in [-0.39, 0.29) is 36.0 Å². The Kier molecular flexibility index (Phi) is 6.83. The second-order valence-electron chi connectivity index (χ2n) is 6.36. The average molecular weight is 363 g/mol. The van der Waals surface area contributed by atoms with E-state index in [4.69, 9.17) is 5.73 Å². The van der Waals surface area contributed by atoms with Crippen molar-refractivity contribution in [3.05, 3.63) is 29.8 Å². The van der Waals surface area contributed by atoms with Crippen LogP contribution in [0.3, 0.4) is 0 Å². The van der Waals surface area contributed by atoms with Gasteiger partial charge in [-0.05, 0) is 44.0 Å². The molecule has 0 saturated carbocycles. The molecule has 1 aromatic heterocycles. The third kappa shape index (κ3) is 3.79. The zero-order valence-corrected chi connectivity index (χ0v) is 15.2. The van der Waals surface area contributed by atoms with Gasteiger partial charge in [0.1, 0.15) is 11.3 Å². The maximum Gasteiger partial charge on any atom is 0.151 e. The van der Waals surface area contributed by atoms with E-state index < -0.39 is 0 Å². The zero-order valence-electron chi connectivity index (χ0n) is 13.6. The van der Waals surface area contributed by atoms with Crippen LogP contribution in [-0.4, -0.2) is 34.1 Å². The van der Waals surface area contributed by atoms with Gasteiger partial charge in [0.15, 0.2) is 5.82 Å². The Labute approximate surface area is 149 Å². The quantitative estimate of drug-likeness (QED) is 0.908. The van der Waals surface area contributed by atoms with Crippen molar-refractivity contribution in [3.8, 4) is 0 Å². The number of fused-ring (bicyclic) bond motifs is 1. The molecule has 0 spiro atoms. The molecule has 2 aromatic rings. The van der Waals surface area contributed by atoms with Crippen LogP contribution in [-0.2, 0) is 13.1 Å². The molecule has 0 amide bonds. The fourth-order valence-corrected chi connectivity index (χ4v) is 3.26. The van der Waals surface area contributed by atoms with Gasteiger partial charge in [-0.1, -0.05) is 13.0 Å². The van der Waals surface area contributed by atoms with Gasteiger partial charge in [-0.15, -0.1) is 24.8 Å². The number of nitrogens with two attached hydrogens (primary N) is 1. The summed E-state index contributed by atoms with van der Waals surface area (Å²) in [6, 6.07) is 5.16. The third-order valence-corrected chi connectivity index (χ3v) is 4.62. The van der Waals surface area contributed by atoms with Crippen molar-refractivity contribution in [2.45, 2.75) is 33.4 Å². The molecule has 0 aliphatic carbocycles.